The lowest BCUT2D eigenvalue weighted by Gasteiger charge is -2.17. The van der Waals surface area contributed by atoms with Crippen LogP contribution in [0.3, 0.4) is 0 Å². The van der Waals surface area contributed by atoms with Crippen LogP contribution in [-0.2, 0) is 11.3 Å². The second-order valence-electron chi connectivity index (χ2n) is 4.75. The topological polar surface area (TPSA) is 68.8 Å². The highest BCUT2D eigenvalue weighted by Gasteiger charge is 2.21. The lowest BCUT2D eigenvalue weighted by Crippen LogP contribution is -2.36. The fraction of sp³-hybridized carbons (Fsp3) is 0.533. The Balaban J connectivity index is 2.17. The first-order valence-electron chi connectivity index (χ1n) is 7.23. The van der Waals surface area contributed by atoms with Crippen molar-refractivity contribution in [3.05, 3.63) is 17.7 Å². The van der Waals surface area contributed by atoms with Crippen LogP contribution in [0.15, 0.2) is 12.1 Å². The Hall–Kier alpha value is -1.95. The molecule has 1 unspecified atom stereocenters. The van der Waals surface area contributed by atoms with Crippen molar-refractivity contribution in [1.29, 1.82) is 0 Å². The van der Waals surface area contributed by atoms with Crippen LogP contribution in [0, 0.1) is 0 Å². The molecule has 6 heteroatoms. The lowest BCUT2D eigenvalue weighted by molar-refractivity contribution is -0.127. The van der Waals surface area contributed by atoms with E-state index in [0.29, 0.717) is 30.3 Å². The van der Waals surface area contributed by atoms with Gasteiger partial charge in [0, 0.05) is 24.7 Å². The van der Waals surface area contributed by atoms with Gasteiger partial charge < -0.3 is 24.8 Å². The van der Waals surface area contributed by atoms with Gasteiger partial charge in [0.2, 0.25) is 6.79 Å². The minimum absolute atomic E-state index is 0.135. The third kappa shape index (κ3) is 3.78. The van der Waals surface area contributed by atoms with E-state index in [4.69, 9.17) is 14.2 Å². The number of hydrogen-bond donors (Lipinski definition) is 2. The standard InChI is InChI=1S/C15H22N2O4/c1-4-16-8-11-6-13-14(20-9-19-13)7-12(11)21-10(3)15(18)17-5-2/h6-7,10,16H,4-5,8-9H2,1-3H3,(H,17,18). The first kappa shape index (κ1) is 15.4. The van der Waals surface area contributed by atoms with E-state index < -0.39 is 6.10 Å². The van der Waals surface area contributed by atoms with Gasteiger partial charge in [0.05, 0.1) is 0 Å². The number of hydrogen-bond acceptors (Lipinski definition) is 5. The quantitative estimate of drug-likeness (QED) is 0.796. The highest BCUT2D eigenvalue weighted by atomic mass is 16.7. The molecule has 1 heterocycles. The van der Waals surface area contributed by atoms with Crippen molar-refractivity contribution < 1.29 is 19.0 Å². The molecule has 2 rings (SSSR count). The van der Waals surface area contributed by atoms with E-state index in [0.717, 1.165) is 12.1 Å². The summed E-state index contributed by atoms with van der Waals surface area (Å²) in [5.74, 6) is 1.86. The minimum atomic E-state index is -0.564. The zero-order valence-corrected chi connectivity index (χ0v) is 12.7. The fourth-order valence-corrected chi connectivity index (χ4v) is 2.03. The highest BCUT2D eigenvalue weighted by Crippen LogP contribution is 2.38. The Labute approximate surface area is 124 Å². The predicted octanol–water partition coefficient (Wildman–Crippen LogP) is 1.43. The smallest absolute Gasteiger partial charge is 0.260 e. The molecule has 0 saturated heterocycles. The minimum Gasteiger partial charge on any atom is -0.480 e. The van der Waals surface area contributed by atoms with Crippen molar-refractivity contribution in [2.75, 3.05) is 19.9 Å². The van der Waals surface area contributed by atoms with Gasteiger partial charge in [0.1, 0.15) is 5.75 Å². The van der Waals surface area contributed by atoms with E-state index in [2.05, 4.69) is 10.6 Å². The Morgan fingerprint density at radius 3 is 2.67 bits per heavy atom. The van der Waals surface area contributed by atoms with E-state index in [9.17, 15) is 4.79 Å². The highest BCUT2D eigenvalue weighted by molar-refractivity contribution is 5.80. The number of rotatable bonds is 7. The van der Waals surface area contributed by atoms with Crippen LogP contribution in [0.2, 0.25) is 0 Å². The maximum absolute atomic E-state index is 11.8. The maximum Gasteiger partial charge on any atom is 0.260 e. The molecule has 0 saturated carbocycles. The number of likely N-dealkylation sites (N-methyl/N-ethyl adjacent to an activating group) is 1. The molecule has 116 valence electrons. The summed E-state index contributed by atoms with van der Waals surface area (Å²) in [6.45, 7) is 7.92. The molecule has 2 N–H and O–H groups in total. The molecule has 21 heavy (non-hydrogen) atoms. The van der Waals surface area contributed by atoms with E-state index >= 15 is 0 Å². The van der Waals surface area contributed by atoms with Gasteiger partial charge in [-0.15, -0.1) is 0 Å². The summed E-state index contributed by atoms with van der Waals surface area (Å²) in [4.78, 5) is 11.8. The average molecular weight is 294 g/mol. The van der Waals surface area contributed by atoms with Crippen LogP contribution >= 0.6 is 0 Å². The van der Waals surface area contributed by atoms with E-state index in [1.165, 1.54) is 0 Å². The molecule has 1 atom stereocenters. The SMILES string of the molecule is CCNCc1cc2c(cc1OC(C)C(=O)NCC)OCO2. The Kier molecular flexibility index (Phi) is 5.27. The second-order valence-corrected chi connectivity index (χ2v) is 4.75. The molecule has 0 spiro atoms. The Morgan fingerprint density at radius 2 is 2.00 bits per heavy atom. The van der Waals surface area contributed by atoms with Crippen LogP contribution in [0.1, 0.15) is 26.3 Å². The number of ether oxygens (including phenoxy) is 3. The van der Waals surface area contributed by atoms with Crippen LogP contribution in [0.4, 0.5) is 0 Å². The molecule has 0 aromatic heterocycles. The molecule has 1 aliphatic heterocycles. The van der Waals surface area contributed by atoms with E-state index in [1.807, 2.05) is 19.9 Å². The van der Waals surface area contributed by atoms with Gasteiger partial charge in [0.25, 0.3) is 5.91 Å². The number of carbonyl (C=O) groups excluding carboxylic acids is 1. The van der Waals surface area contributed by atoms with Crippen molar-refractivity contribution in [2.45, 2.75) is 33.4 Å². The van der Waals surface area contributed by atoms with Gasteiger partial charge >= 0.3 is 0 Å². The van der Waals surface area contributed by atoms with Crippen LogP contribution in [0.5, 0.6) is 17.2 Å². The molecule has 0 bridgehead atoms. The van der Waals surface area contributed by atoms with Crippen molar-refractivity contribution in [1.82, 2.24) is 10.6 Å². The summed E-state index contributed by atoms with van der Waals surface area (Å²) in [7, 11) is 0. The van der Waals surface area contributed by atoms with Gasteiger partial charge in [-0.25, -0.2) is 0 Å². The van der Waals surface area contributed by atoms with Crippen molar-refractivity contribution >= 4 is 5.91 Å². The Morgan fingerprint density at radius 1 is 1.29 bits per heavy atom. The molecule has 0 radical (unpaired) electrons. The van der Waals surface area contributed by atoms with Gasteiger partial charge in [-0.2, -0.15) is 0 Å². The van der Waals surface area contributed by atoms with Crippen LogP contribution in [0.25, 0.3) is 0 Å². The first-order valence-corrected chi connectivity index (χ1v) is 7.23. The van der Waals surface area contributed by atoms with Crippen molar-refractivity contribution in [3.8, 4) is 17.2 Å². The molecule has 6 nitrogen and oxygen atoms in total. The number of benzene rings is 1. The zero-order chi connectivity index (χ0) is 15.2. The van der Waals surface area contributed by atoms with Crippen molar-refractivity contribution in [2.24, 2.45) is 0 Å². The Bertz CT molecular complexity index is 505. The predicted molar refractivity (Wildman–Crippen MR) is 78.7 cm³/mol. The second kappa shape index (κ2) is 7.17. The summed E-state index contributed by atoms with van der Waals surface area (Å²) in [6, 6.07) is 3.68. The largest absolute Gasteiger partial charge is 0.480 e. The monoisotopic (exact) mass is 294 g/mol. The maximum atomic E-state index is 11.8. The normalized spacial score (nSPS) is 13.9. The van der Waals surface area contributed by atoms with Gasteiger partial charge in [-0.1, -0.05) is 6.92 Å². The number of fused-ring (bicyclic) bond motifs is 1. The zero-order valence-electron chi connectivity index (χ0n) is 12.7. The number of amides is 1. The molecular weight excluding hydrogens is 272 g/mol. The molecule has 1 aromatic rings. The van der Waals surface area contributed by atoms with Crippen LogP contribution < -0.4 is 24.8 Å². The van der Waals surface area contributed by atoms with Gasteiger partial charge in [0.15, 0.2) is 17.6 Å². The van der Waals surface area contributed by atoms with E-state index in [1.54, 1.807) is 13.0 Å². The number of carbonyl (C=O) groups is 1. The molecule has 1 aromatic carbocycles. The lowest BCUT2D eigenvalue weighted by atomic mass is 10.1. The molecule has 0 fully saturated rings. The third-order valence-corrected chi connectivity index (χ3v) is 3.15. The molecule has 1 amide bonds. The van der Waals surface area contributed by atoms with Crippen molar-refractivity contribution in [3.63, 3.8) is 0 Å². The summed E-state index contributed by atoms with van der Waals surface area (Å²) < 4.78 is 16.5. The van der Waals surface area contributed by atoms with E-state index in [-0.39, 0.29) is 12.7 Å². The summed E-state index contributed by atoms with van der Waals surface area (Å²) in [5, 5.41) is 5.99. The summed E-state index contributed by atoms with van der Waals surface area (Å²) in [6.07, 6.45) is -0.564. The number of nitrogens with one attached hydrogen (secondary N) is 2. The fourth-order valence-electron chi connectivity index (χ4n) is 2.03. The van der Waals surface area contributed by atoms with Gasteiger partial charge in [-0.05, 0) is 26.5 Å². The molecule has 1 aliphatic rings. The summed E-state index contributed by atoms with van der Waals surface area (Å²) >= 11 is 0. The average Bonchev–Trinajstić information content (AvgIpc) is 2.92. The molecule has 0 aliphatic carbocycles. The summed E-state index contributed by atoms with van der Waals surface area (Å²) in [5.41, 5.74) is 0.942. The van der Waals surface area contributed by atoms with Gasteiger partial charge in [-0.3, -0.25) is 4.79 Å². The molecular formula is C15H22N2O4. The van der Waals surface area contributed by atoms with Crippen LogP contribution in [-0.4, -0.2) is 31.9 Å². The first-order chi connectivity index (χ1) is 10.2. The third-order valence-electron chi connectivity index (χ3n) is 3.15.